The molecule has 0 aliphatic carbocycles. The average molecular weight is 472 g/mol. The number of carboxylic acid groups (broad SMARTS) is 1. The van der Waals surface area contributed by atoms with E-state index >= 15 is 0 Å². The molecule has 3 aromatic rings. The molecule has 0 bridgehead atoms. The molecule has 0 fully saturated rings. The predicted octanol–water partition coefficient (Wildman–Crippen LogP) is 5.16. The van der Waals surface area contributed by atoms with Gasteiger partial charge < -0.3 is 24.3 Å². The Morgan fingerprint density at radius 1 is 1.06 bits per heavy atom. The van der Waals surface area contributed by atoms with E-state index in [-0.39, 0.29) is 12.3 Å². The van der Waals surface area contributed by atoms with E-state index in [0.29, 0.717) is 28.6 Å². The largest absolute Gasteiger partial charge is 0.495 e. The minimum atomic E-state index is -0.868. The number of aliphatic hydroxyl groups is 1. The average Bonchev–Trinajstić information content (AvgIpc) is 3.24. The number of aromatic nitrogens is 1. The summed E-state index contributed by atoms with van der Waals surface area (Å²) in [5.74, 6) is -0.0995. The molecule has 176 valence electrons. The van der Waals surface area contributed by atoms with Crippen LogP contribution >= 0.6 is 11.6 Å². The van der Waals surface area contributed by atoms with Crippen LogP contribution in [0.25, 0.3) is 0 Å². The zero-order chi connectivity index (χ0) is 23.8. The summed E-state index contributed by atoms with van der Waals surface area (Å²) in [6, 6.07) is 15.5. The third kappa shape index (κ3) is 6.76. The maximum Gasteiger partial charge on any atom is 0.307 e. The fourth-order valence-corrected chi connectivity index (χ4v) is 4.31. The molecule has 1 aromatic heterocycles. The molecule has 0 aliphatic heterocycles. The van der Waals surface area contributed by atoms with E-state index < -0.39 is 12.1 Å². The number of aliphatic hydroxyl groups excluding tert-OH is 1. The van der Waals surface area contributed by atoms with Gasteiger partial charge in [0.15, 0.2) is 0 Å². The molecule has 7 heteroatoms. The summed E-state index contributed by atoms with van der Waals surface area (Å²) in [6.07, 6.45) is 5.46. The molecule has 3 rings (SSSR count). The summed E-state index contributed by atoms with van der Waals surface area (Å²) in [5.41, 5.74) is 2.65. The van der Waals surface area contributed by atoms with Crippen molar-refractivity contribution in [2.24, 2.45) is 5.92 Å². The lowest BCUT2D eigenvalue weighted by Crippen LogP contribution is -2.19. The van der Waals surface area contributed by atoms with E-state index in [1.165, 1.54) is 19.8 Å². The summed E-state index contributed by atoms with van der Waals surface area (Å²) in [7, 11) is 3.05. The van der Waals surface area contributed by atoms with Gasteiger partial charge in [0, 0.05) is 24.9 Å². The van der Waals surface area contributed by atoms with Gasteiger partial charge in [0.1, 0.15) is 16.5 Å². The maximum absolute atomic E-state index is 11.4. The minimum absolute atomic E-state index is 0.0280. The minimum Gasteiger partial charge on any atom is -0.495 e. The van der Waals surface area contributed by atoms with Crippen molar-refractivity contribution in [3.05, 3.63) is 82.6 Å². The molecular weight excluding hydrogens is 442 g/mol. The molecule has 0 spiro atoms. The molecule has 0 unspecified atom stereocenters. The quantitative estimate of drug-likeness (QED) is 0.381. The number of benzene rings is 2. The summed E-state index contributed by atoms with van der Waals surface area (Å²) >= 11 is 6.31. The lowest BCUT2D eigenvalue weighted by atomic mass is 9.90. The normalized spacial score (nSPS) is 12.8. The van der Waals surface area contributed by atoms with Crippen LogP contribution < -0.4 is 9.47 Å². The van der Waals surface area contributed by atoms with Crippen molar-refractivity contribution in [3.8, 4) is 11.5 Å². The fourth-order valence-electron chi connectivity index (χ4n) is 4.05. The highest BCUT2D eigenvalue weighted by Gasteiger charge is 2.24. The van der Waals surface area contributed by atoms with Gasteiger partial charge in [0.25, 0.3) is 0 Å². The van der Waals surface area contributed by atoms with Crippen molar-refractivity contribution in [2.45, 2.75) is 38.3 Å². The van der Waals surface area contributed by atoms with Gasteiger partial charge in [-0.15, -0.1) is 0 Å². The Labute approximate surface area is 199 Å². The first-order valence-electron chi connectivity index (χ1n) is 10.9. The molecule has 0 saturated heterocycles. The van der Waals surface area contributed by atoms with Gasteiger partial charge in [0.2, 0.25) is 0 Å². The molecule has 6 nitrogen and oxygen atoms in total. The Hall–Kier alpha value is -2.96. The molecule has 33 heavy (non-hydrogen) atoms. The van der Waals surface area contributed by atoms with Gasteiger partial charge in [-0.05, 0) is 54.2 Å². The van der Waals surface area contributed by atoms with Crippen LogP contribution in [0.4, 0.5) is 0 Å². The van der Waals surface area contributed by atoms with E-state index in [0.717, 1.165) is 24.8 Å². The van der Waals surface area contributed by atoms with E-state index in [1.807, 2.05) is 35.2 Å². The molecule has 0 radical (unpaired) electrons. The SMILES string of the molecule is COc1cc([C@@H](O)[C@@H](CCCc2ccccc2)Cn2ccc(CC(=O)O)c2)cc(OC)c1Cl. The lowest BCUT2D eigenvalue weighted by molar-refractivity contribution is -0.136. The zero-order valence-corrected chi connectivity index (χ0v) is 19.7. The van der Waals surface area contributed by atoms with Gasteiger partial charge in [0.05, 0.1) is 26.7 Å². The number of nitrogens with zero attached hydrogens (tertiary/aromatic N) is 1. The second-order valence-electron chi connectivity index (χ2n) is 8.11. The smallest absolute Gasteiger partial charge is 0.307 e. The number of aryl methyl sites for hydroxylation is 1. The highest BCUT2D eigenvalue weighted by atomic mass is 35.5. The molecule has 0 saturated carbocycles. The van der Waals surface area contributed by atoms with Crippen LogP contribution in [0, 0.1) is 5.92 Å². The summed E-state index contributed by atoms with van der Waals surface area (Å²) in [6.45, 7) is 0.544. The van der Waals surface area contributed by atoms with Crippen LogP contribution in [-0.2, 0) is 24.2 Å². The molecule has 2 N–H and O–H groups in total. The highest BCUT2D eigenvalue weighted by molar-refractivity contribution is 6.33. The van der Waals surface area contributed by atoms with E-state index in [4.69, 9.17) is 26.2 Å². The van der Waals surface area contributed by atoms with Crippen LogP contribution in [0.3, 0.4) is 0 Å². The molecule has 1 heterocycles. The molecule has 0 amide bonds. The van der Waals surface area contributed by atoms with Crippen molar-refractivity contribution in [2.75, 3.05) is 14.2 Å². The predicted molar refractivity (Wildman–Crippen MR) is 128 cm³/mol. The zero-order valence-electron chi connectivity index (χ0n) is 18.9. The maximum atomic E-state index is 11.4. The van der Waals surface area contributed by atoms with Gasteiger partial charge in [-0.3, -0.25) is 4.79 Å². The Kier molecular flexibility index (Phi) is 8.80. The molecule has 2 aromatic carbocycles. The number of aliphatic carboxylic acids is 1. The number of hydrogen-bond donors (Lipinski definition) is 2. The lowest BCUT2D eigenvalue weighted by Gasteiger charge is -2.25. The van der Waals surface area contributed by atoms with Crippen molar-refractivity contribution in [1.82, 2.24) is 4.57 Å². The summed E-state index contributed by atoms with van der Waals surface area (Å²) < 4.78 is 12.7. The number of ether oxygens (including phenoxy) is 2. The number of carbonyl (C=O) groups is 1. The van der Waals surface area contributed by atoms with Crippen molar-refractivity contribution in [1.29, 1.82) is 0 Å². The van der Waals surface area contributed by atoms with Crippen LogP contribution in [0.2, 0.25) is 5.02 Å². The van der Waals surface area contributed by atoms with Crippen LogP contribution in [-0.4, -0.2) is 35.0 Å². The number of carboxylic acids is 1. The number of rotatable bonds is 12. The highest BCUT2D eigenvalue weighted by Crippen LogP contribution is 2.39. The summed E-state index contributed by atoms with van der Waals surface area (Å²) in [4.78, 5) is 11.0. The Morgan fingerprint density at radius 2 is 1.73 bits per heavy atom. The first-order chi connectivity index (χ1) is 15.9. The second-order valence-corrected chi connectivity index (χ2v) is 8.49. The third-order valence-electron chi connectivity index (χ3n) is 5.75. The summed E-state index contributed by atoms with van der Waals surface area (Å²) in [5, 5.41) is 20.8. The van der Waals surface area contributed by atoms with Crippen LogP contribution in [0.1, 0.15) is 35.6 Å². The number of methoxy groups -OCH3 is 2. The third-order valence-corrected chi connectivity index (χ3v) is 6.12. The topological polar surface area (TPSA) is 80.9 Å². The molecule has 2 atom stereocenters. The van der Waals surface area contributed by atoms with Crippen LogP contribution in [0.15, 0.2) is 60.9 Å². The number of halogens is 1. The van der Waals surface area contributed by atoms with Gasteiger partial charge >= 0.3 is 5.97 Å². The molecule has 0 aliphatic rings. The van der Waals surface area contributed by atoms with Gasteiger partial charge in [-0.25, -0.2) is 0 Å². The van der Waals surface area contributed by atoms with E-state index in [2.05, 4.69) is 12.1 Å². The van der Waals surface area contributed by atoms with E-state index in [9.17, 15) is 9.90 Å². The Morgan fingerprint density at radius 3 is 2.33 bits per heavy atom. The van der Waals surface area contributed by atoms with Crippen molar-refractivity contribution in [3.63, 3.8) is 0 Å². The Balaban J connectivity index is 1.81. The van der Waals surface area contributed by atoms with Gasteiger partial charge in [-0.2, -0.15) is 0 Å². The standard InChI is InChI=1S/C26H30ClNO5/c1-32-22-14-21(15-23(33-2)25(22)27)26(31)20(10-6-9-18-7-4-3-5-8-18)17-28-12-11-19(16-28)13-24(29)30/h3-5,7-8,11-12,14-16,20,26,31H,6,9-10,13,17H2,1-2H3,(H,29,30)/t20-,26-/m0/s1. The molecular formula is C26H30ClNO5. The first kappa shape index (κ1) is 24.7. The fraction of sp³-hybridized carbons (Fsp3) is 0.346. The van der Waals surface area contributed by atoms with Crippen molar-refractivity contribution < 1.29 is 24.5 Å². The number of hydrogen-bond acceptors (Lipinski definition) is 4. The second kappa shape index (κ2) is 11.8. The van der Waals surface area contributed by atoms with Gasteiger partial charge in [-0.1, -0.05) is 41.9 Å². The van der Waals surface area contributed by atoms with Crippen molar-refractivity contribution >= 4 is 17.6 Å². The van der Waals surface area contributed by atoms with E-state index in [1.54, 1.807) is 18.2 Å². The first-order valence-corrected chi connectivity index (χ1v) is 11.3. The Bertz CT molecular complexity index is 1020. The monoisotopic (exact) mass is 471 g/mol. The van der Waals surface area contributed by atoms with Crippen LogP contribution in [0.5, 0.6) is 11.5 Å².